The van der Waals surface area contributed by atoms with E-state index in [1.165, 1.54) is 11.3 Å². The first kappa shape index (κ1) is 18.2. The standard InChI is InChI=1S/C20H18N2O5S/c1-3-25-19(24)12-8-9-13-17(10-12)28-20(22(13)2)21-18(23)16-11-26-14-6-4-5-7-15(14)27-16/h4-10,16H,3,11H2,1-2H3/t16-/m1/s1. The van der Waals surface area contributed by atoms with E-state index in [1.807, 2.05) is 29.8 Å². The Hall–Kier alpha value is -3.13. The van der Waals surface area contributed by atoms with Gasteiger partial charge in [-0.05, 0) is 37.3 Å². The third-order valence-electron chi connectivity index (χ3n) is 4.31. The second kappa shape index (κ2) is 7.47. The van der Waals surface area contributed by atoms with Gasteiger partial charge in [0.05, 0.1) is 22.4 Å². The maximum atomic E-state index is 12.6. The van der Waals surface area contributed by atoms with Crippen LogP contribution in [0.2, 0.25) is 0 Å². The van der Waals surface area contributed by atoms with Gasteiger partial charge in [-0.1, -0.05) is 23.5 Å². The van der Waals surface area contributed by atoms with Crippen LogP contribution >= 0.6 is 11.3 Å². The summed E-state index contributed by atoms with van der Waals surface area (Å²) in [4.78, 5) is 29.3. The quantitative estimate of drug-likeness (QED) is 0.634. The molecule has 2 heterocycles. The van der Waals surface area contributed by atoms with Gasteiger partial charge < -0.3 is 18.8 Å². The smallest absolute Gasteiger partial charge is 0.338 e. The van der Waals surface area contributed by atoms with E-state index >= 15 is 0 Å². The summed E-state index contributed by atoms with van der Waals surface area (Å²) >= 11 is 1.32. The second-order valence-corrected chi connectivity index (χ2v) is 7.17. The van der Waals surface area contributed by atoms with Gasteiger partial charge in [0, 0.05) is 7.05 Å². The maximum absolute atomic E-state index is 12.6. The number of ether oxygens (including phenoxy) is 3. The van der Waals surface area contributed by atoms with Crippen molar-refractivity contribution in [1.82, 2.24) is 4.57 Å². The number of aryl methyl sites for hydroxylation is 1. The Bertz CT molecular complexity index is 1130. The highest BCUT2D eigenvalue weighted by atomic mass is 32.1. The SMILES string of the molecule is CCOC(=O)c1ccc2c(c1)sc(=NC(=O)[C@H]1COc3ccccc3O1)n2C. The first-order valence-corrected chi connectivity index (χ1v) is 9.62. The first-order valence-electron chi connectivity index (χ1n) is 8.80. The fraction of sp³-hybridized carbons (Fsp3) is 0.250. The molecule has 0 aliphatic carbocycles. The van der Waals surface area contributed by atoms with Crippen molar-refractivity contribution in [2.45, 2.75) is 13.0 Å². The van der Waals surface area contributed by atoms with Crippen molar-refractivity contribution in [3.63, 3.8) is 0 Å². The topological polar surface area (TPSA) is 79.1 Å². The number of hydrogen-bond acceptors (Lipinski definition) is 6. The molecule has 28 heavy (non-hydrogen) atoms. The molecule has 2 aromatic carbocycles. The number of para-hydroxylation sites is 2. The van der Waals surface area contributed by atoms with Crippen LogP contribution in [-0.2, 0) is 16.6 Å². The van der Waals surface area contributed by atoms with Crippen LogP contribution in [-0.4, -0.2) is 35.8 Å². The van der Waals surface area contributed by atoms with Gasteiger partial charge in [-0.2, -0.15) is 4.99 Å². The molecule has 0 saturated carbocycles. The Balaban J connectivity index is 1.63. The molecule has 0 N–H and O–H groups in total. The fourth-order valence-corrected chi connectivity index (χ4v) is 3.95. The van der Waals surface area contributed by atoms with E-state index < -0.39 is 12.0 Å². The number of fused-ring (bicyclic) bond motifs is 2. The minimum absolute atomic E-state index is 0.112. The number of thiazole rings is 1. The molecule has 0 fully saturated rings. The van der Waals surface area contributed by atoms with Crippen LogP contribution in [0, 0.1) is 0 Å². The number of benzene rings is 2. The van der Waals surface area contributed by atoms with Crippen LogP contribution < -0.4 is 14.3 Å². The second-order valence-electron chi connectivity index (χ2n) is 6.16. The number of carbonyl (C=O) groups is 2. The van der Waals surface area contributed by atoms with Gasteiger partial charge in [-0.25, -0.2) is 4.79 Å². The number of amides is 1. The Morgan fingerprint density at radius 1 is 1.25 bits per heavy atom. The summed E-state index contributed by atoms with van der Waals surface area (Å²) in [5.74, 6) is 0.358. The summed E-state index contributed by atoms with van der Waals surface area (Å²) in [5, 5.41) is 0. The molecule has 3 aromatic rings. The van der Waals surface area contributed by atoms with Crippen molar-refractivity contribution in [2.24, 2.45) is 12.0 Å². The first-order chi connectivity index (χ1) is 13.6. The molecular formula is C20H18N2O5S. The van der Waals surface area contributed by atoms with Crippen LogP contribution in [0.4, 0.5) is 0 Å². The monoisotopic (exact) mass is 398 g/mol. The summed E-state index contributed by atoms with van der Waals surface area (Å²) in [6.45, 7) is 2.19. The molecule has 0 bridgehead atoms. The lowest BCUT2D eigenvalue weighted by atomic mass is 10.2. The number of aromatic nitrogens is 1. The van der Waals surface area contributed by atoms with Crippen molar-refractivity contribution in [3.05, 3.63) is 52.8 Å². The largest absolute Gasteiger partial charge is 0.485 e. The van der Waals surface area contributed by atoms with Gasteiger partial charge in [0.25, 0.3) is 5.91 Å². The molecule has 0 radical (unpaired) electrons. The van der Waals surface area contributed by atoms with Gasteiger partial charge in [-0.3, -0.25) is 4.79 Å². The van der Waals surface area contributed by atoms with Crippen LogP contribution in [0.3, 0.4) is 0 Å². The maximum Gasteiger partial charge on any atom is 0.338 e. The molecular weight excluding hydrogens is 380 g/mol. The molecule has 1 atom stereocenters. The molecule has 0 saturated heterocycles. The van der Waals surface area contributed by atoms with Gasteiger partial charge >= 0.3 is 5.97 Å². The number of hydrogen-bond donors (Lipinski definition) is 0. The lowest BCUT2D eigenvalue weighted by molar-refractivity contribution is -0.127. The molecule has 144 valence electrons. The minimum atomic E-state index is -0.796. The molecule has 7 nitrogen and oxygen atoms in total. The molecule has 0 unspecified atom stereocenters. The Kier molecular flexibility index (Phi) is 4.87. The predicted molar refractivity (Wildman–Crippen MR) is 104 cm³/mol. The van der Waals surface area contributed by atoms with Crippen molar-refractivity contribution >= 4 is 33.4 Å². The molecule has 8 heteroatoms. The summed E-state index contributed by atoms with van der Waals surface area (Å²) < 4.78 is 19.0. The molecule has 1 aliphatic rings. The van der Waals surface area contributed by atoms with Crippen molar-refractivity contribution in [3.8, 4) is 11.5 Å². The summed E-state index contributed by atoms with van der Waals surface area (Å²) in [6, 6.07) is 12.5. The Labute approximate surface area is 164 Å². The van der Waals surface area contributed by atoms with E-state index in [4.69, 9.17) is 14.2 Å². The zero-order valence-electron chi connectivity index (χ0n) is 15.4. The van der Waals surface area contributed by atoms with Gasteiger partial charge in [-0.15, -0.1) is 0 Å². The van der Waals surface area contributed by atoms with Crippen molar-refractivity contribution in [1.29, 1.82) is 0 Å². The minimum Gasteiger partial charge on any atom is -0.485 e. The normalized spacial score (nSPS) is 16.2. The highest BCUT2D eigenvalue weighted by Crippen LogP contribution is 2.31. The molecule has 1 aliphatic heterocycles. The van der Waals surface area contributed by atoms with Gasteiger partial charge in [0.1, 0.15) is 6.61 Å². The molecule has 4 rings (SSSR count). The van der Waals surface area contributed by atoms with Crippen LogP contribution in [0.1, 0.15) is 17.3 Å². The highest BCUT2D eigenvalue weighted by molar-refractivity contribution is 7.16. The van der Waals surface area contributed by atoms with Gasteiger partial charge in [0.2, 0.25) is 6.10 Å². The van der Waals surface area contributed by atoms with E-state index in [2.05, 4.69) is 4.99 Å². The third kappa shape index (κ3) is 3.38. The molecule has 1 amide bonds. The number of nitrogens with zero attached hydrogens (tertiary/aromatic N) is 2. The fourth-order valence-electron chi connectivity index (χ4n) is 2.89. The van der Waals surface area contributed by atoms with E-state index in [0.29, 0.717) is 28.5 Å². The van der Waals surface area contributed by atoms with E-state index in [9.17, 15) is 9.59 Å². The Morgan fingerprint density at radius 2 is 2.04 bits per heavy atom. The van der Waals surface area contributed by atoms with Gasteiger partial charge in [0.15, 0.2) is 16.3 Å². The summed E-state index contributed by atoms with van der Waals surface area (Å²) in [6.07, 6.45) is -0.796. The summed E-state index contributed by atoms with van der Waals surface area (Å²) in [7, 11) is 1.82. The predicted octanol–water partition coefficient (Wildman–Crippen LogP) is 2.68. The Morgan fingerprint density at radius 3 is 2.82 bits per heavy atom. The average Bonchev–Trinajstić information content (AvgIpc) is 3.02. The number of carbonyl (C=O) groups excluding carboxylic acids is 2. The molecule has 1 aromatic heterocycles. The van der Waals surface area contributed by atoms with Crippen LogP contribution in [0.15, 0.2) is 47.5 Å². The van der Waals surface area contributed by atoms with Crippen LogP contribution in [0.25, 0.3) is 10.2 Å². The van der Waals surface area contributed by atoms with Crippen molar-refractivity contribution < 1.29 is 23.8 Å². The zero-order valence-corrected chi connectivity index (χ0v) is 16.2. The lowest BCUT2D eigenvalue weighted by Gasteiger charge is -2.23. The van der Waals surface area contributed by atoms with E-state index in [0.717, 1.165) is 10.2 Å². The molecule has 0 spiro atoms. The third-order valence-corrected chi connectivity index (χ3v) is 5.40. The van der Waals surface area contributed by atoms with E-state index in [1.54, 1.807) is 31.2 Å². The van der Waals surface area contributed by atoms with Crippen LogP contribution in [0.5, 0.6) is 11.5 Å². The summed E-state index contributed by atoms with van der Waals surface area (Å²) in [5.41, 5.74) is 1.34. The number of esters is 1. The zero-order chi connectivity index (χ0) is 19.7. The number of rotatable bonds is 3. The van der Waals surface area contributed by atoms with Crippen molar-refractivity contribution in [2.75, 3.05) is 13.2 Å². The van der Waals surface area contributed by atoms with E-state index in [-0.39, 0.29) is 12.6 Å². The average molecular weight is 398 g/mol. The highest BCUT2D eigenvalue weighted by Gasteiger charge is 2.27. The lowest BCUT2D eigenvalue weighted by Crippen LogP contribution is -2.36.